The lowest BCUT2D eigenvalue weighted by atomic mass is 10.0. The Hall–Kier alpha value is -3.11. The maximum Gasteiger partial charge on any atom is 0.271 e. The minimum Gasteiger partial charge on any atom is -0.268 e. The number of carbonyl (C=O) groups excluding carboxylic acids is 1. The Morgan fingerprint density at radius 2 is 1.48 bits per heavy atom. The van der Waals surface area contributed by atoms with Gasteiger partial charge in [0, 0.05) is 0 Å². The van der Waals surface area contributed by atoms with Gasteiger partial charge in [0.2, 0.25) is 0 Å². The molecular weight excluding hydrogens is 376 g/mol. The lowest BCUT2D eigenvalue weighted by Crippen LogP contribution is -2.28. The van der Waals surface area contributed by atoms with E-state index in [-0.39, 0.29) is 5.91 Å². The van der Waals surface area contributed by atoms with Gasteiger partial charge in [-0.15, -0.1) is 0 Å². The predicted octanol–water partition coefficient (Wildman–Crippen LogP) is 6.62. The summed E-state index contributed by atoms with van der Waals surface area (Å²) in [6.45, 7) is 4.35. The van der Waals surface area contributed by atoms with Crippen LogP contribution >= 0.6 is 11.8 Å². The monoisotopic (exact) mass is 398 g/mol. The van der Waals surface area contributed by atoms with E-state index in [4.69, 9.17) is 4.99 Å². The number of carbonyl (C=O) groups is 1. The SMILES string of the molecule is CC(C)c1ccc(/C=C2/SC(=Nc3ccccc3)N(c3ccccc3)C2=O)cc1. The van der Waals surface area contributed by atoms with Crippen molar-refractivity contribution in [1.82, 2.24) is 0 Å². The molecule has 0 saturated carbocycles. The minimum absolute atomic E-state index is 0.0520. The molecule has 0 spiro atoms. The summed E-state index contributed by atoms with van der Waals surface area (Å²) in [5.41, 5.74) is 3.94. The van der Waals surface area contributed by atoms with Gasteiger partial charge < -0.3 is 0 Å². The molecule has 1 amide bonds. The number of hydrogen-bond acceptors (Lipinski definition) is 3. The molecule has 0 aliphatic carbocycles. The summed E-state index contributed by atoms with van der Waals surface area (Å²) in [6, 6.07) is 27.8. The number of para-hydroxylation sites is 2. The van der Waals surface area contributed by atoms with Crippen LogP contribution in [0.1, 0.15) is 30.9 Å². The molecular formula is C25H22N2OS. The quantitative estimate of drug-likeness (QED) is 0.463. The van der Waals surface area contributed by atoms with Crippen LogP contribution in [0.5, 0.6) is 0 Å². The summed E-state index contributed by atoms with van der Waals surface area (Å²) < 4.78 is 0. The highest BCUT2D eigenvalue weighted by atomic mass is 32.2. The number of anilines is 1. The normalized spacial score (nSPS) is 16.9. The average molecular weight is 399 g/mol. The smallest absolute Gasteiger partial charge is 0.268 e. The van der Waals surface area contributed by atoms with Crippen LogP contribution in [0.15, 0.2) is 94.8 Å². The third kappa shape index (κ3) is 4.33. The number of rotatable bonds is 4. The zero-order chi connectivity index (χ0) is 20.2. The van der Waals surface area contributed by atoms with Crippen molar-refractivity contribution in [2.75, 3.05) is 4.90 Å². The van der Waals surface area contributed by atoms with E-state index in [1.165, 1.54) is 17.3 Å². The number of thioether (sulfide) groups is 1. The van der Waals surface area contributed by atoms with Gasteiger partial charge in [0.1, 0.15) is 0 Å². The Balaban J connectivity index is 1.72. The molecule has 29 heavy (non-hydrogen) atoms. The van der Waals surface area contributed by atoms with Gasteiger partial charge in [0.25, 0.3) is 5.91 Å². The van der Waals surface area contributed by atoms with Gasteiger partial charge in [-0.3, -0.25) is 9.69 Å². The number of nitrogens with zero attached hydrogens (tertiary/aromatic N) is 2. The summed E-state index contributed by atoms with van der Waals surface area (Å²) in [4.78, 5) is 20.3. The first kappa shape index (κ1) is 19.2. The summed E-state index contributed by atoms with van der Waals surface area (Å²) >= 11 is 1.41. The number of aliphatic imine (C=N–C) groups is 1. The summed E-state index contributed by atoms with van der Waals surface area (Å²) in [6.07, 6.45) is 1.94. The van der Waals surface area contributed by atoms with Gasteiger partial charge in [0.15, 0.2) is 5.17 Å². The second-order valence-electron chi connectivity index (χ2n) is 7.14. The van der Waals surface area contributed by atoms with E-state index >= 15 is 0 Å². The fourth-order valence-electron chi connectivity index (χ4n) is 3.09. The highest BCUT2D eigenvalue weighted by molar-refractivity contribution is 8.19. The molecule has 3 nitrogen and oxygen atoms in total. The molecule has 4 heteroatoms. The van der Waals surface area contributed by atoms with Crippen molar-refractivity contribution in [3.63, 3.8) is 0 Å². The van der Waals surface area contributed by atoms with Crippen LogP contribution in [0.4, 0.5) is 11.4 Å². The number of amidine groups is 1. The highest BCUT2D eigenvalue weighted by Gasteiger charge is 2.34. The van der Waals surface area contributed by atoms with E-state index < -0.39 is 0 Å². The predicted molar refractivity (Wildman–Crippen MR) is 124 cm³/mol. The second-order valence-corrected chi connectivity index (χ2v) is 8.15. The third-order valence-corrected chi connectivity index (χ3v) is 5.67. The lowest BCUT2D eigenvalue weighted by molar-refractivity contribution is -0.113. The molecule has 0 N–H and O–H groups in total. The highest BCUT2D eigenvalue weighted by Crippen LogP contribution is 2.37. The maximum absolute atomic E-state index is 13.2. The van der Waals surface area contributed by atoms with E-state index in [0.29, 0.717) is 16.0 Å². The molecule has 0 bridgehead atoms. The van der Waals surface area contributed by atoms with Crippen LogP contribution in [0, 0.1) is 0 Å². The van der Waals surface area contributed by atoms with E-state index in [0.717, 1.165) is 16.9 Å². The molecule has 144 valence electrons. The van der Waals surface area contributed by atoms with Crippen LogP contribution < -0.4 is 4.90 Å². The van der Waals surface area contributed by atoms with Gasteiger partial charge in [-0.05, 0) is 59.1 Å². The largest absolute Gasteiger partial charge is 0.271 e. The van der Waals surface area contributed by atoms with Crippen molar-refractivity contribution >= 4 is 40.3 Å². The topological polar surface area (TPSA) is 32.7 Å². The molecule has 3 aromatic rings. The Bertz CT molecular complexity index is 1050. The van der Waals surface area contributed by atoms with Gasteiger partial charge in [-0.1, -0.05) is 74.5 Å². The van der Waals surface area contributed by atoms with Crippen molar-refractivity contribution in [3.8, 4) is 0 Å². The van der Waals surface area contributed by atoms with Gasteiger partial charge >= 0.3 is 0 Å². The molecule has 1 aliphatic heterocycles. The molecule has 0 unspecified atom stereocenters. The Morgan fingerprint density at radius 1 is 0.862 bits per heavy atom. The van der Waals surface area contributed by atoms with E-state index in [9.17, 15) is 4.79 Å². The molecule has 1 saturated heterocycles. The second kappa shape index (κ2) is 8.50. The van der Waals surface area contributed by atoms with Crippen LogP contribution in [-0.4, -0.2) is 11.1 Å². The Labute approximate surface area is 175 Å². The van der Waals surface area contributed by atoms with Gasteiger partial charge in [-0.2, -0.15) is 0 Å². The van der Waals surface area contributed by atoms with Gasteiger partial charge in [0.05, 0.1) is 16.3 Å². The molecule has 1 fully saturated rings. The summed E-state index contributed by atoms with van der Waals surface area (Å²) in [7, 11) is 0. The van der Waals surface area contributed by atoms with Crippen molar-refractivity contribution in [3.05, 3.63) is 101 Å². The van der Waals surface area contributed by atoms with E-state index in [1.807, 2.05) is 66.7 Å². The zero-order valence-electron chi connectivity index (χ0n) is 16.4. The fraction of sp³-hybridized carbons (Fsp3) is 0.120. The first-order chi connectivity index (χ1) is 14.1. The molecule has 1 aliphatic rings. The van der Waals surface area contributed by atoms with Crippen LogP contribution in [0.2, 0.25) is 0 Å². The van der Waals surface area contributed by atoms with Crippen molar-refractivity contribution in [2.24, 2.45) is 4.99 Å². The number of benzene rings is 3. The number of amides is 1. The van der Waals surface area contributed by atoms with E-state index in [2.05, 4.69) is 38.1 Å². The first-order valence-corrected chi connectivity index (χ1v) is 10.5. The Kier molecular flexibility index (Phi) is 5.63. The average Bonchev–Trinajstić information content (AvgIpc) is 3.04. The van der Waals surface area contributed by atoms with Crippen LogP contribution in [0.25, 0.3) is 6.08 Å². The van der Waals surface area contributed by atoms with Crippen LogP contribution in [0.3, 0.4) is 0 Å². The standard InChI is InChI=1S/C25H22N2OS/c1-18(2)20-15-13-19(14-16-20)17-23-24(28)27(22-11-7-4-8-12-22)25(29-23)26-21-9-5-3-6-10-21/h3-18H,1-2H3/b23-17+,26-25?. The van der Waals surface area contributed by atoms with Crippen LogP contribution in [-0.2, 0) is 4.79 Å². The molecule has 0 radical (unpaired) electrons. The van der Waals surface area contributed by atoms with E-state index in [1.54, 1.807) is 4.90 Å². The van der Waals surface area contributed by atoms with Gasteiger partial charge in [-0.25, -0.2) is 4.99 Å². The third-order valence-electron chi connectivity index (χ3n) is 4.70. The Morgan fingerprint density at radius 3 is 2.10 bits per heavy atom. The first-order valence-electron chi connectivity index (χ1n) is 9.64. The summed E-state index contributed by atoms with van der Waals surface area (Å²) in [5, 5.41) is 0.664. The minimum atomic E-state index is -0.0520. The number of hydrogen-bond donors (Lipinski definition) is 0. The maximum atomic E-state index is 13.2. The molecule has 0 atom stereocenters. The molecule has 4 rings (SSSR count). The fourth-order valence-corrected chi connectivity index (χ4v) is 4.10. The van der Waals surface area contributed by atoms with Crippen molar-refractivity contribution < 1.29 is 4.79 Å². The molecule has 0 aromatic heterocycles. The molecule has 3 aromatic carbocycles. The lowest BCUT2D eigenvalue weighted by Gasteiger charge is -2.15. The summed E-state index contributed by atoms with van der Waals surface area (Å²) in [5.74, 6) is 0.432. The van der Waals surface area contributed by atoms with Crippen molar-refractivity contribution in [2.45, 2.75) is 19.8 Å². The molecule has 1 heterocycles. The van der Waals surface area contributed by atoms with Crippen molar-refractivity contribution in [1.29, 1.82) is 0 Å². The zero-order valence-corrected chi connectivity index (χ0v) is 17.3.